The van der Waals surface area contributed by atoms with Crippen LogP contribution in [0.2, 0.25) is 0 Å². The van der Waals surface area contributed by atoms with Crippen molar-refractivity contribution in [2.45, 2.75) is 45.4 Å². The number of aryl methyl sites for hydroxylation is 2. The molecule has 3 heterocycles. The van der Waals surface area contributed by atoms with E-state index in [1.54, 1.807) is 11.3 Å². The van der Waals surface area contributed by atoms with Gasteiger partial charge < -0.3 is 15.0 Å². The number of nitrogens with zero attached hydrogens (tertiary/aromatic N) is 3. The smallest absolute Gasteiger partial charge is 0.315 e. The number of amides is 1. The second-order valence-electron chi connectivity index (χ2n) is 8.39. The van der Waals surface area contributed by atoms with E-state index in [1.165, 1.54) is 21.6 Å². The lowest BCUT2D eigenvalue weighted by Gasteiger charge is -2.30. The van der Waals surface area contributed by atoms with Gasteiger partial charge in [-0.25, -0.2) is 9.97 Å². The summed E-state index contributed by atoms with van der Waals surface area (Å²) >= 11 is 3.20. The van der Waals surface area contributed by atoms with Gasteiger partial charge >= 0.3 is 5.97 Å². The van der Waals surface area contributed by atoms with Crippen molar-refractivity contribution in [1.29, 1.82) is 0 Å². The summed E-state index contributed by atoms with van der Waals surface area (Å²) in [7, 11) is 0. The number of hydrogen-bond donors (Lipinski definition) is 1. The maximum Gasteiger partial charge on any atom is 0.315 e. The molecular formula is C23H26N4O3S2. The number of ether oxygens (including phenoxy) is 1. The van der Waals surface area contributed by atoms with Crippen LogP contribution in [-0.2, 0) is 20.7 Å². The molecule has 7 nitrogen and oxygen atoms in total. The molecular weight excluding hydrogens is 444 g/mol. The van der Waals surface area contributed by atoms with Gasteiger partial charge in [-0.1, -0.05) is 17.4 Å². The number of piperidine rings is 1. The number of benzene rings is 1. The Labute approximate surface area is 194 Å². The first-order chi connectivity index (χ1) is 15.5. The van der Waals surface area contributed by atoms with Crippen LogP contribution in [0.3, 0.4) is 0 Å². The molecule has 168 valence electrons. The van der Waals surface area contributed by atoms with E-state index in [9.17, 15) is 9.59 Å². The van der Waals surface area contributed by atoms with Crippen LogP contribution in [0, 0.1) is 12.8 Å². The van der Waals surface area contributed by atoms with Crippen molar-refractivity contribution in [2.24, 2.45) is 5.92 Å². The van der Waals surface area contributed by atoms with Crippen molar-refractivity contribution in [3.8, 4) is 0 Å². The Hall–Kier alpha value is -2.52. The van der Waals surface area contributed by atoms with Crippen molar-refractivity contribution in [3.05, 3.63) is 34.3 Å². The van der Waals surface area contributed by atoms with Crippen LogP contribution >= 0.6 is 22.7 Å². The molecule has 1 fully saturated rings. The first-order valence-corrected chi connectivity index (χ1v) is 12.7. The van der Waals surface area contributed by atoms with Crippen molar-refractivity contribution in [1.82, 2.24) is 9.97 Å². The SMILES string of the molecule is CCOC(=O)C1CCc2sc(NC(=O)C3CCN(c4nc5ccc(C)cc5s4)CC3)nc21. The number of anilines is 2. The summed E-state index contributed by atoms with van der Waals surface area (Å²) in [4.78, 5) is 37.7. The largest absolute Gasteiger partial charge is 0.465 e. The van der Waals surface area contributed by atoms with Gasteiger partial charge in [-0.2, -0.15) is 0 Å². The number of fused-ring (bicyclic) bond motifs is 2. The fourth-order valence-corrected chi connectivity index (χ4v) is 6.61. The minimum absolute atomic E-state index is 0.0182. The van der Waals surface area contributed by atoms with Crippen LogP contribution in [0.15, 0.2) is 18.2 Å². The monoisotopic (exact) mass is 470 g/mol. The van der Waals surface area contributed by atoms with Gasteiger partial charge in [-0.05, 0) is 57.2 Å². The number of rotatable bonds is 5. The molecule has 1 aliphatic carbocycles. The highest BCUT2D eigenvalue weighted by molar-refractivity contribution is 7.22. The van der Waals surface area contributed by atoms with E-state index >= 15 is 0 Å². The van der Waals surface area contributed by atoms with E-state index < -0.39 is 0 Å². The minimum atomic E-state index is -0.298. The van der Waals surface area contributed by atoms with Crippen molar-refractivity contribution in [2.75, 3.05) is 29.9 Å². The fourth-order valence-electron chi connectivity index (χ4n) is 4.45. The maximum atomic E-state index is 12.9. The number of carbonyl (C=O) groups excluding carboxylic acids is 2. The number of thiazole rings is 2. The molecule has 0 radical (unpaired) electrons. The van der Waals surface area contributed by atoms with Crippen LogP contribution in [0.5, 0.6) is 0 Å². The quantitative estimate of drug-likeness (QED) is 0.553. The first kappa shape index (κ1) is 21.3. The third-order valence-corrected chi connectivity index (χ3v) is 8.31. The molecule has 5 rings (SSSR count). The van der Waals surface area contributed by atoms with Crippen molar-refractivity contribution < 1.29 is 14.3 Å². The molecule has 1 atom stereocenters. The highest BCUT2D eigenvalue weighted by Crippen LogP contribution is 2.39. The normalized spacial score (nSPS) is 18.7. The molecule has 9 heteroatoms. The molecule has 0 spiro atoms. The molecule has 3 aromatic rings. The van der Waals surface area contributed by atoms with Gasteiger partial charge in [0.1, 0.15) is 5.92 Å². The zero-order valence-corrected chi connectivity index (χ0v) is 19.9. The third-order valence-electron chi connectivity index (χ3n) is 6.19. The third kappa shape index (κ3) is 4.11. The number of carbonyl (C=O) groups is 2. The van der Waals surface area contributed by atoms with Crippen LogP contribution in [0.25, 0.3) is 10.2 Å². The lowest BCUT2D eigenvalue weighted by Crippen LogP contribution is -2.38. The summed E-state index contributed by atoms with van der Waals surface area (Å²) in [6, 6.07) is 6.34. The summed E-state index contributed by atoms with van der Waals surface area (Å²) in [5, 5.41) is 4.63. The molecule has 32 heavy (non-hydrogen) atoms. The van der Waals surface area contributed by atoms with Crippen LogP contribution in [0.1, 0.15) is 48.2 Å². The molecule has 2 aromatic heterocycles. The Balaban J connectivity index is 1.19. The summed E-state index contributed by atoms with van der Waals surface area (Å²) in [6.07, 6.45) is 3.13. The van der Waals surface area contributed by atoms with E-state index in [4.69, 9.17) is 9.72 Å². The number of hydrogen-bond acceptors (Lipinski definition) is 8. The van der Waals surface area contributed by atoms with E-state index in [0.717, 1.165) is 60.0 Å². The predicted molar refractivity (Wildman–Crippen MR) is 128 cm³/mol. The van der Waals surface area contributed by atoms with Crippen molar-refractivity contribution >= 4 is 55.0 Å². The Morgan fingerprint density at radius 3 is 2.78 bits per heavy atom. The molecule has 1 unspecified atom stereocenters. The maximum absolute atomic E-state index is 12.9. The number of esters is 1. The van der Waals surface area contributed by atoms with Crippen LogP contribution < -0.4 is 10.2 Å². The zero-order chi connectivity index (χ0) is 22.2. The van der Waals surface area contributed by atoms with Gasteiger partial charge in [0.05, 0.1) is 22.5 Å². The zero-order valence-electron chi connectivity index (χ0n) is 18.2. The second-order valence-corrected chi connectivity index (χ2v) is 10.5. The van der Waals surface area contributed by atoms with Gasteiger partial charge in [0.25, 0.3) is 0 Å². The summed E-state index contributed by atoms with van der Waals surface area (Å²) in [5.41, 5.74) is 3.06. The molecule has 2 aliphatic rings. The van der Waals surface area contributed by atoms with E-state index in [-0.39, 0.29) is 23.7 Å². The first-order valence-electron chi connectivity index (χ1n) is 11.1. The lowest BCUT2D eigenvalue weighted by molar-refractivity contribution is -0.145. The number of aromatic nitrogens is 2. The molecule has 1 aliphatic heterocycles. The van der Waals surface area contributed by atoms with Gasteiger partial charge in [0, 0.05) is 23.9 Å². The highest BCUT2D eigenvalue weighted by Gasteiger charge is 2.34. The Morgan fingerprint density at radius 1 is 1.19 bits per heavy atom. The molecule has 0 saturated carbocycles. The summed E-state index contributed by atoms with van der Waals surface area (Å²) < 4.78 is 6.38. The van der Waals surface area contributed by atoms with Gasteiger partial charge in [0.15, 0.2) is 10.3 Å². The van der Waals surface area contributed by atoms with Gasteiger partial charge in [0.2, 0.25) is 5.91 Å². The molecule has 1 amide bonds. The Kier molecular flexibility index (Phi) is 5.86. The van der Waals surface area contributed by atoms with Gasteiger partial charge in [-0.15, -0.1) is 11.3 Å². The van der Waals surface area contributed by atoms with Crippen LogP contribution in [0.4, 0.5) is 10.3 Å². The molecule has 1 aromatic carbocycles. The standard InChI is InChI=1S/C23H26N4O3S2/c1-3-30-21(29)15-5-7-17-19(15)25-22(31-17)26-20(28)14-8-10-27(11-9-14)23-24-16-6-4-13(2)12-18(16)32-23/h4,6,12,14-15H,3,5,7-11H2,1-2H3,(H,25,26,28). The number of nitrogens with one attached hydrogen (secondary N) is 1. The predicted octanol–water partition coefficient (Wildman–Crippen LogP) is 4.51. The Bertz CT molecular complexity index is 1160. The highest BCUT2D eigenvalue weighted by atomic mass is 32.1. The van der Waals surface area contributed by atoms with E-state index in [0.29, 0.717) is 11.7 Å². The fraction of sp³-hybridized carbons (Fsp3) is 0.478. The lowest BCUT2D eigenvalue weighted by atomic mass is 9.96. The van der Waals surface area contributed by atoms with Crippen LogP contribution in [-0.4, -0.2) is 41.5 Å². The van der Waals surface area contributed by atoms with E-state index in [1.807, 2.05) is 6.92 Å². The molecule has 0 bridgehead atoms. The summed E-state index contributed by atoms with van der Waals surface area (Å²) in [6.45, 7) is 5.90. The summed E-state index contributed by atoms with van der Waals surface area (Å²) in [5.74, 6) is -0.536. The average Bonchev–Trinajstić information content (AvgIpc) is 3.47. The van der Waals surface area contributed by atoms with Gasteiger partial charge in [-0.3, -0.25) is 9.59 Å². The Morgan fingerprint density at radius 2 is 2.00 bits per heavy atom. The second kappa shape index (κ2) is 8.78. The van der Waals surface area contributed by atoms with Crippen molar-refractivity contribution in [3.63, 3.8) is 0 Å². The average molecular weight is 471 g/mol. The van der Waals surface area contributed by atoms with E-state index in [2.05, 4.69) is 40.3 Å². The minimum Gasteiger partial charge on any atom is -0.465 e. The molecule has 1 N–H and O–H groups in total. The topological polar surface area (TPSA) is 84.4 Å². The molecule has 1 saturated heterocycles.